The zero-order valence-electron chi connectivity index (χ0n) is 18.2. The molecule has 3 aromatic rings. The summed E-state index contributed by atoms with van der Waals surface area (Å²) in [5.74, 6) is -0.632. The number of hydrogen-bond acceptors (Lipinski definition) is 4. The molecule has 1 aromatic heterocycles. The van der Waals surface area contributed by atoms with E-state index in [0.29, 0.717) is 41.7 Å². The molecule has 5 nitrogen and oxygen atoms in total. The van der Waals surface area contributed by atoms with Crippen molar-refractivity contribution < 1.29 is 18.3 Å². The molecular weight excluding hydrogens is 397 g/mol. The molecule has 2 aromatic carbocycles. The van der Waals surface area contributed by atoms with Crippen molar-refractivity contribution in [2.24, 2.45) is 0 Å². The number of nitrogens with zero attached hydrogens (tertiary/aromatic N) is 1. The van der Waals surface area contributed by atoms with E-state index in [1.165, 1.54) is 12.1 Å². The average Bonchev–Trinajstić information content (AvgIpc) is 3.00. The molecular formula is C25H26FNO4. The molecule has 1 unspecified atom stereocenters. The van der Waals surface area contributed by atoms with Gasteiger partial charge < -0.3 is 14.1 Å². The van der Waals surface area contributed by atoms with Crippen LogP contribution in [0.25, 0.3) is 11.0 Å². The lowest BCUT2D eigenvalue weighted by Crippen LogP contribution is -2.31. The molecule has 0 saturated carbocycles. The highest BCUT2D eigenvalue weighted by molar-refractivity contribution is 5.99. The second-order valence-electron chi connectivity index (χ2n) is 8.33. The van der Waals surface area contributed by atoms with Crippen molar-refractivity contribution in [2.45, 2.75) is 46.3 Å². The largest absolute Gasteiger partial charge is 0.450 e. The lowest BCUT2D eigenvalue weighted by molar-refractivity contribution is 0.0593. The van der Waals surface area contributed by atoms with Crippen LogP contribution in [0.4, 0.5) is 4.39 Å². The lowest BCUT2D eigenvalue weighted by Gasteiger charge is -2.25. The van der Waals surface area contributed by atoms with Crippen molar-refractivity contribution in [3.05, 3.63) is 80.5 Å². The second-order valence-corrected chi connectivity index (χ2v) is 8.33. The van der Waals surface area contributed by atoms with Crippen molar-refractivity contribution >= 4 is 16.9 Å². The number of halogens is 1. The van der Waals surface area contributed by atoms with Crippen LogP contribution >= 0.6 is 0 Å². The molecule has 1 aliphatic heterocycles. The number of fused-ring (bicyclic) bond motifs is 2. The number of carbonyl (C=O) groups is 1. The summed E-state index contributed by atoms with van der Waals surface area (Å²) in [4.78, 5) is 28.4. The number of ether oxygens (including phenoxy) is 1. The van der Waals surface area contributed by atoms with Crippen LogP contribution in [0.15, 0.2) is 45.6 Å². The van der Waals surface area contributed by atoms with Gasteiger partial charge in [0.05, 0.1) is 23.1 Å². The Hall–Kier alpha value is -2.99. The van der Waals surface area contributed by atoms with E-state index in [0.717, 1.165) is 11.1 Å². The first kappa shape index (κ1) is 21.2. The number of hydrogen-bond donors (Lipinski definition) is 0. The molecule has 0 saturated heterocycles. The average molecular weight is 423 g/mol. The van der Waals surface area contributed by atoms with E-state index in [9.17, 15) is 14.0 Å². The number of amides is 1. The molecule has 162 valence electrons. The minimum absolute atomic E-state index is 0.0693. The fourth-order valence-electron chi connectivity index (χ4n) is 4.05. The minimum Gasteiger partial charge on any atom is -0.450 e. The summed E-state index contributed by atoms with van der Waals surface area (Å²) in [5.41, 5.74) is 3.14. The van der Waals surface area contributed by atoms with E-state index in [4.69, 9.17) is 9.15 Å². The Morgan fingerprint density at radius 2 is 1.77 bits per heavy atom. The quantitative estimate of drug-likeness (QED) is 0.529. The summed E-state index contributed by atoms with van der Waals surface area (Å²) in [6.45, 7) is 8.67. The van der Waals surface area contributed by atoms with Gasteiger partial charge in [0.25, 0.3) is 5.91 Å². The molecule has 0 radical (unpaired) electrons. The third-order valence-electron chi connectivity index (χ3n) is 5.76. The van der Waals surface area contributed by atoms with Crippen LogP contribution in [0.3, 0.4) is 0 Å². The van der Waals surface area contributed by atoms with Gasteiger partial charge in [0.1, 0.15) is 11.4 Å². The minimum atomic E-state index is -0.621. The Morgan fingerprint density at radius 3 is 2.45 bits per heavy atom. The molecule has 31 heavy (non-hydrogen) atoms. The Balaban J connectivity index is 1.83. The van der Waals surface area contributed by atoms with Crippen molar-refractivity contribution in [3.8, 4) is 0 Å². The van der Waals surface area contributed by atoms with E-state index >= 15 is 0 Å². The molecule has 6 heteroatoms. The van der Waals surface area contributed by atoms with Crippen LogP contribution in [0, 0.1) is 19.7 Å². The molecule has 0 fully saturated rings. The number of carbonyl (C=O) groups excluding carboxylic acids is 1. The highest BCUT2D eigenvalue weighted by atomic mass is 19.1. The zero-order chi connectivity index (χ0) is 22.3. The van der Waals surface area contributed by atoms with Gasteiger partial charge in [-0.05, 0) is 75.1 Å². The highest BCUT2D eigenvalue weighted by Crippen LogP contribution is 2.38. The summed E-state index contributed by atoms with van der Waals surface area (Å²) >= 11 is 0. The Kier molecular flexibility index (Phi) is 5.67. The molecule has 1 aliphatic rings. The summed E-state index contributed by atoms with van der Waals surface area (Å²) in [5, 5.41) is 0.451. The smallest absolute Gasteiger partial charge is 0.290 e. The first-order valence-electron chi connectivity index (χ1n) is 10.5. The maximum Gasteiger partial charge on any atom is 0.290 e. The summed E-state index contributed by atoms with van der Waals surface area (Å²) < 4.78 is 25.2. The van der Waals surface area contributed by atoms with E-state index < -0.39 is 6.04 Å². The number of aryl methyl sites for hydroxylation is 2. The molecule has 0 aliphatic carbocycles. The maximum atomic E-state index is 13.6. The predicted molar refractivity (Wildman–Crippen MR) is 117 cm³/mol. The zero-order valence-corrected chi connectivity index (χ0v) is 18.2. The molecule has 0 spiro atoms. The normalized spacial score (nSPS) is 15.9. The molecule has 2 heterocycles. The topological polar surface area (TPSA) is 59.8 Å². The van der Waals surface area contributed by atoms with Gasteiger partial charge in [-0.2, -0.15) is 0 Å². The molecule has 1 amide bonds. The predicted octanol–water partition coefficient (Wildman–Crippen LogP) is 4.91. The van der Waals surface area contributed by atoms with E-state index in [1.54, 1.807) is 23.1 Å². The Labute approximate surface area is 180 Å². The van der Waals surface area contributed by atoms with E-state index in [2.05, 4.69) is 0 Å². The fourth-order valence-corrected chi connectivity index (χ4v) is 4.05. The van der Waals surface area contributed by atoms with Crippen molar-refractivity contribution in [3.63, 3.8) is 0 Å². The summed E-state index contributed by atoms with van der Waals surface area (Å²) in [6, 6.07) is 8.90. The summed E-state index contributed by atoms with van der Waals surface area (Å²) in [7, 11) is 0. The Bertz CT molecular complexity index is 1200. The van der Waals surface area contributed by atoms with Crippen LogP contribution in [-0.2, 0) is 4.74 Å². The van der Waals surface area contributed by atoms with Gasteiger partial charge in [0, 0.05) is 13.2 Å². The third-order valence-corrected chi connectivity index (χ3v) is 5.76. The molecule has 1 atom stereocenters. The highest BCUT2D eigenvalue weighted by Gasteiger charge is 2.42. The van der Waals surface area contributed by atoms with Crippen molar-refractivity contribution in [1.82, 2.24) is 4.90 Å². The lowest BCUT2D eigenvalue weighted by atomic mass is 9.97. The van der Waals surface area contributed by atoms with Gasteiger partial charge >= 0.3 is 0 Å². The molecule has 0 N–H and O–H groups in total. The van der Waals surface area contributed by atoms with Crippen LogP contribution in [-0.4, -0.2) is 30.1 Å². The maximum absolute atomic E-state index is 13.6. The number of benzene rings is 2. The van der Waals surface area contributed by atoms with Gasteiger partial charge in [0.15, 0.2) is 5.43 Å². The molecule has 4 rings (SSSR count). The molecule has 0 bridgehead atoms. The first-order valence-corrected chi connectivity index (χ1v) is 10.5. The van der Waals surface area contributed by atoms with Crippen LogP contribution in [0.2, 0.25) is 0 Å². The van der Waals surface area contributed by atoms with E-state index in [-0.39, 0.29) is 29.0 Å². The van der Waals surface area contributed by atoms with Gasteiger partial charge in [-0.1, -0.05) is 12.1 Å². The van der Waals surface area contributed by atoms with Gasteiger partial charge in [-0.25, -0.2) is 4.39 Å². The third kappa shape index (κ3) is 3.88. The van der Waals surface area contributed by atoms with E-state index in [1.807, 2.05) is 33.8 Å². The van der Waals surface area contributed by atoms with Crippen LogP contribution < -0.4 is 5.43 Å². The first-order chi connectivity index (χ1) is 14.8. The monoisotopic (exact) mass is 423 g/mol. The van der Waals surface area contributed by atoms with Gasteiger partial charge in [-0.15, -0.1) is 0 Å². The van der Waals surface area contributed by atoms with Gasteiger partial charge in [-0.3, -0.25) is 9.59 Å². The second kappa shape index (κ2) is 8.27. The summed E-state index contributed by atoms with van der Waals surface area (Å²) in [6.07, 6.45) is 0.709. The van der Waals surface area contributed by atoms with Gasteiger partial charge in [0.2, 0.25) is 5.76 Å². The SMILES string of the molecule is Cc1cc2oc3c(c(=O)c2cc1C)C(c1ccc(F)cc1)N(CCCOC(C)C)C3=O. The van der Waals surface area contributed by atoms with Crippen LogP contribution in [0.1, 0.15) is 59.1 Å². The Morgan fingerprint density at radius 1 is 1.10 bits per heavy atom. The van der Waals surface area contributed by atoms with Crippen molar-refractivity contribution in [2.75, 3.05) is 13.2 Å². The fraction of sp³-hybridized carbons (Fsp3) is 0.360. The number of rotatable bonds is 6. The standard InChI is InChI=1S/C25H26FNO4/c1-14(2)30-11-5-10-27-22(17-6-8-18(26)9-7-17)21-23(28)19-12-15(3)16(4)13-20(19)31-24(21)25(27)29/h6-9,12-14,22H,5,10-11H2,1-4H3. The van der Waals surface area contributed by atoms with Crippen molar-refractivity contribution in [1.29, 1.82) is 0 Å². The van der Waals surface area contributed by atoms with Crippen LogP contribution in [0.5, 0.6) is 0 Å².